The average Bonchev–Trinajstić information content (AvgIpc) is 2.47. The van der Waals surface area contributed by atoms with Crippen molar-refractivity contribution in [2.24, 2.45) is 0 Å². The van der Waals surface area contributed by atoms with Gasteiger partial charge >= 0.3 is 0 Å². The monoisotopic (exact) mass is 165 g/mol. The zero-order valence-electron chi connectivity index (χ0n) is 7.16. The van der Waals surface area contributed by atoms with Gasteiger partial charge in [-0.25, -0.2) is 0 Å². The average molecular weight is 165 g/mol. The molecule has 1 rings (SSSR count). The number of terminal acetylenes is 1. The van der Waals surface area contributed by atoms with Crippen LogP contribution in [0.15, 0.2) is 4.42 Å². The minimum atomic E-state index is 0.0160. The zero-order chi connectivity index (χ0) is 8.97. The first-order chi connectivity index (χ1) is 5.74. The summed E-state index contributed by atoms with van der Waals surface area (Å²) in [6.45, 7) is 4.18. The molecule has 0 aliphatic heterocycles. The van der Waals surface area contributed by atoms with Crippen LogP contribution in [-0.4, -0.2) is 16.7 Å². The van der Waals surface area contributed by atoms with Crippen molar-refractivity contribution in [2.45, 2.75) is 19.9 Å². The molecule has 1 atom stereocenters. The Labute approximate surface area is 71.4 Å². The molecule has 0 aromatic carbocycles. The van der Waals surface area contributed by atoms with Crippen molar-refractivity contribution in [3.8, 4) is 12.3 Å². The van der Waals surface area contributed by atoms with Gasteiger partial charge in [0, 0.05) is 6.92 Å². The maximum Gasteiger partial charge on any atom is 0.233 e. The van der Waals surface area contributed by atoms with Crippen LogP contribution < -0.4 is 5.32 Å². The van der Waals surface area contributed by atoms with E-state index in [9.17, 15) is 0 Å². The number of aromatic nitrogens is 2. The molecule has 1 aromatic heterocycles. The van der Waals surface area contributed by atoms with E-state index >= 15 is 0 Å². The lowest BCUT2D eigenvalue weighted by atomic mass is 10.3. The molecular weight excluding hydrogens is 154 g/mol. The molecule has 1 N–H and O–H groups in total. The van der Waals surface area contributed by atoms with Crippen LogP contribution in [0.25, 0.3) is 0 Å². The van der Waals surface area contributed by atoms with E-state index in [1.807, 2.05) is 6.92 Å². The molecule has 0 amide bonds. The van der Waals surface area contributed by atoms with Crippen molar-refractivity contribution in [3.63, 3.8) is 0 Å². The van der Waals surface area contributed by atoms with E-state index in [0.717, 1.165) is 0 Å². The predicted molar refractivity (Wildman–Crippen MR) is 44.3 cm³/mol. The van der Waals surface area contributed by atoms with E-state index < -0.39 is 0 Å². The van der Waals surface area contributed by atoms with Crippen LogP contribution in [0.5, 0.6) is 0 Å². The summed E-state index contributed by atoms with van der Waals surface area (Å²) in [6, 6.07) is 0.0160. The first-order valence-electron chi connectivity index (χ1n) is 3.71. The molecule has 0 saturated heterocycles. The molecule has 4 heteroatoms. The third kappa shape index (κ3) is 2.07. The molecule has 0 saturated carbocycles. The summed E-state index contributed by atoms with van der Waals surface area (Å²) >= 11 is 0. The highest BCUT2D eigenvalue weighted by Gasteiger charge is 2.10. The van der Waals surface area contributed by atoms with Gasteiger partial charge in [0.15, 0.2) is 0 Å². The summed E-state index contributed by atoms with van der Waals surface area (Å²) in [5.41, 5.74) is 0. The van der Waals surface area contributed by atoms with Crippen LogP contribution in [0, 0.1) is 19.3 Å². The molecule has 0 aliphatic rings. The highest BCUT2D eigenvalue weighted by Crippen LogP contribution is 2.08. The van der Waals surface area contributed by atoms with Gasteiger partial charge in [-0.05, 0) is 6.92 Å². The van der Waals surface area contributed by atoms with Crippen LogP contribution in [0.1, 0.15) is 24.7 Å². The van der Waals surface area contributed by atoms with Crippen molar-refractivity contribution in [1.29, 1.82) is 0 Å². The van der Waals surface area contributed by atoms with Gasteiger partial charge < -0.3 is 4.42 Å². The number of hydrogen-bond acceptors (Lipinski definition) is 4. The maximum absolute atomic E-state index is 5.19. The molecule has 0 aliphatic carbocycles. The Bertz CT molecular complexity index is 287. The molecule has 1 aromatic rings. The fourth-order valence-electron chi connectivity index (χ4n) is 0.786. The van der Waals surface area contributed by atoms with Crippen molar-refractivity contribution >= 4 is 0 Å². The first-order valence-corrected chi connectivity index (χ1v) is 3.71. The zero-order valence-corrected chi connectivity index (χ0v) is 7.16. The van der Waals surface area contributed by atoms with Crippen LogP contribution in [0.4, 0.5) is 0 Å². The molecule has 12 heavy (non-hydrogen) atoms. The lowest BCUT2D eigenvalue weighted by molar-refractivity contribution is 0.411. The highest BCUT2D eigenvalue weighted by atomic mass is 16.4. The lowest BCUT2D eigenvalue weighted by Crippen LogP contribution is -2.18. The molecule has 64 valence electrons. The summed E-state index contributed by atoms with van der Waals surface area (Å²) in [5.74, 6) is 3.62. The first kappa shape index (κ1) is 8.75. The second-order valence-electron chi connectivity index (χ2n) is 2.47. The number of aryl methyl sites for hydroxylation is 1. The predicted octanol–water partition coefficient (Wildman–Crippen LogP) is 0.662. The Morgan fingerprint density at radius 2 is 2.42 bits per heavy atom. The fraction of sp³-hybridized carbons (Fsp3) is 0.500. The largest absolute Gasteiger partial charge is 0.424 e. The summed E-state index contributed by atoms with van der Waals surface area (Å²) in [6.07, 6.45) is 5.08. The summed E-state index contributed by atoms with van der Waals surface area (Å²) in [5, 5.41) is 10.6. The minimum absolute atomic E-state index is 0.0160. The van der Waals surface area contributed by atoms with Gasteiger partial charge in [0.25, 0.3) is 0 Å². The van der Waals surface area contributed by atoms with Gasteiger partial charge in [-0.1, -0.05) is 5.92 Å². The van der Waals surface area contributed by atoms with Gasteiger partial charge in [0.1, 0.15) is 0 Å². The van der Waals surface area contributed by atoms with Crippen LogP contribution in [-0.2, 0) is 0 Å². The Morgan fingerprint density at radius 3 is 2.92 bits per heavy atom. The van der Waals surface area contributed by atoms with Gasteiger partial charge in [-0.3, -0.25) is 5.32 Å². The second-order valence-corrected chi connectivity index (χ2v) is 2.47. The Balaban J connectivity index is 2.54. The Kier molecular flexibility index (Phi) is 2.83. The van der Waals surface area contributed by atoms with Gasteiger partial charge in [-0.15, -0.1) is 16.6 Å². The third-order valence-corrected chi connectivity index (χ3v) is 1.42. The summed E-state index contributed by atoms with van der Waals surface area (Å²) in [4.78, 5) is 0. The third-order valence-electron chi connectivity index (χ3n) is 1.42. The van der Waals surface area contributed by atoms with Crippen molar-refractivity contribution in [2.75, 3.05) is 6.54 Å². The maximum atomic E-state index is 5.19. The Hall–Kier alpha value is -1.34. The van der Waals surface area contributed by atoms with E-state index in [-0.39, 0.29) is 6.04 Å². The summed E-state index contributed by atoms with van der Waals surface area (Å²) in [7, 11) is 0. The SMILES string of the molecule is C#CCNC(C)c1nnc(C)o1. The van der Waals surface area contributed by atoms with E-state index in [2.05, 4.69) is 21.4 Å². The molecule has 0 radical (unpaired) electrons. The number of hydrogen-bond donors (Lipinski definition) is 1. The fourth-order valence-corrected chi connectivity index (χ4v) is 0.786. The van der Waals surface area contributed by atoms with Crippen molar-refractivity contribution < 1.29 is 4.42 Å². The van der Waals surface area contributed by atoms with Crippen LogP contribution in [0.2, 0.25) is 0 Å². The number of rotatable bonds is 3. The van der Waals surface area contributed by atoms with Crippen LogP contribution in [0.3, 0.4) is 0 Å². The van der Waals surface area contributed by atoms with E-state index in [0.29, 0.717) is 18.3 Å². The quantitative estimate of drug-likeness (QED) is 0.668. The topological polar surface area (TPSA) is 51.0 Å². The van der Waals surface area contributed by atoms with E-state index in [1.165, 1.54) is 0 Å². The molecular formula is C8H11N3O. The molecule has 0 bridgehead atoms. The second kappa shape index (κ2) is 3.88. The molecule has 4 nitrogen and oxygen atoms in total. The molecule has 1 heterocycles. The minimum Gasteiger partial charge on any atom is -0.424 e. The van der Waals surface area contributed by atoms with Gasteiger partial charge in [-0.2, -0.15) is 0 Å². The molecule has 0 spiro atoms. The van der Waals surface area contributed by atoms with Gasteiger partial charge in [0.05, 0.1) is 12.6 Å². The van der Waals surface area contributed by atoms with Gasteiger partial charge in [0.2, 0.25) is 11.8 Å². The molecule has 1 unspecified atom stereocenters. The standard InChI is InChI=1S/C8H11N3O/c1-4-5-9-6(2)8-11-10-7(3)12-8/h1,6,9H,5H2,2-3H3. The number of nitrogens with zero attached hydrogens (tertiary/aromatic N) is 2. The smallest absolute Gasteiger partial charge is 0.233 e. The van der Waals surface area contributed by atoms with E-state index in [1.54, 1.807) is 6.92 Å². The normalized spacial score (nSPS) is 12.4. The number of nitrogens with one attached hydrogen (secondary N) is 1. The van der Waals surface area contributed by atoms with Crippen LogP contribution >= 0.6 is 0 Å². The Morgan fingerprint density at radius 1 is 1.67 bits per heavy atom. The molecule has 0 fully saturated rings. The van der Waals surface area contributed by atoms with E-state index in [4.69, 9.17) is 10.8 Å². The summed E-state index contributed by atoms with van der Waals surface area (Å²) < 4.78 is 5.19. The van der Waals surface area contributed by atoms with Crippen molar-refractivity contribution in [1.82, 2.24) is 15.5 Å². The highest BCUT2D eigenvalue weighted by molar-refractivity contribution is 4.92. The lowest BCUT2D eigenvalue weighted by Gasteiger charge is -2.04. The van der Waals surface area contributed by atoms with Crippen molar-refractivity contribution in [3.05, 3.63) is 11.8 Å².